The SMILES string of the molecule is O=C1C2C3OC(C4=C3C3CCC4C34CC4)C2C(=O)N1c1ccccc1. The second-order valence-electron chi connectivity index (χ2n) is 8.70. The standard InChI is InChI=1S/C21H19NO3/c23-19-15-16(20(24)22(19)10-4-2-1-3-5-10)18-14-12-7-6-11(21(12)8-9-21)13(14)17(15)25-18/h1-5,11-12,15-18H,6-9H2. The van der Waals surface area contributed by atoms with Crippen molar-refractivity contribution in [3.63, 3.8) is 0 Å². The number of nitrogens with zero attached hydrogens (tertiary/aromatic N) is 1. The van der Waals surface area contributed by atoms with E-state index in [0.29, 0.717) is 22.9 Å². The summed E-state index contributed by atoms with van der Waals surface area (Å²) in [5.41, 5.74) is 4.12. The van der Waals surface area contributed by atoms with Crippen LogP contribution in [0.1, 0.15) is 25.7 Å². The Morgan fingerprint density at radius 2 is 1.44 bits per heavy atom. The molecule has 1 spiro atoms. The van der Waals surface area contributed by atoms with Crippen LogP contribution < -0.4 is 4.90 Å². The first kappa shape index (κ1) is 13.3. The Hall–Kier alpha value is -1.94. The number of benzene rings is 1. The van der Waals surface area contributed by atoms with Gasteiger partial charge in [-0.15, -0.1) is 0 Å². The van der Waals surface area contributed by atoms with E-state index in [2.05, 4.69) is 0 Å². The van der Waals surface area contributed by atoms with Crippen molar-refractivity contribution < 1.29 is 14.3 Å². The van der Waals surface area contributed by atoms with E-state index in [-0.39, 0.29) is 35.9 Å². The van der Waals surface area contributed by atoms with Crippen LogP contribution in [0.3, 0.4) is 0 Å². The van der Waals surface area contributed by atoms with Crippen LogP contribution in [0.15, 0.2) is 41.5 Å². The molecule has 6 atom stereocenters. The van der Waals surface area contributed by atoms with Gasteiger partial charge < -0.3 is 4.74 Å². The monoisotopic (exact) mass is 333 g/mol. The van der Waals surface area contributed by atoms with E-state index in [1.807, 2.05) is 30.3 Å². The topological polar surface area (TPSA) is 46.6 Å². The second kappa shape index (κ2) is 3.90. The van der Waals surface area contributed by atoms with Crippen molar-refractivity contribution in [2.45, 2.75) is 37.9 Å². The molecule has 126 valence electrons. The number of hydrogen-bond donors (Lipinski definition) is 0. The number of anilines is 1. The average Bonchev–Trinajstić information content (AvgIpc) is 2.88. The van der Waals surface area contributed by atoms with E-state index in [1.54, 1.807) is 0 Å². The fourth-order valence-corrected chi connectivity index (χ4v) is 7.09. The van der Waals surface area contributed by atoms with E-state index >= 15 is 0 Å². The van der Waals surface area contributed by atoms with Gasteiger partial charge in [-0.3, -0.25) is 9.59 Å². The predicted molar refractivity (Wildman–Crippen MR) is 89.5 cm³/mol. The minimum absolute atomic E-state index is 0.0483. The fraction of sp³-hybridized carbons (Fsp3) is 0.524. The Labute approximate surface area is 145 Å². The molecule has 0 N–H and O–H groups in total. The third kappa shape index (κ3) is 1.26. The Balaban J connectivity index is 1.33. The van der Waals surface area contributed by atoms with Gasteiger partial charge in [0.15, 0.2) is 0 Å². The lowest BCUT2D eigenvalue weighted by atomic mass is 9.72. The minimum atomic E-state index is -0.286. The summed E-state index contributed by atoms with van der Waals surface area (Å²) in [6, 6.07) is 9.37. The highest BCUT2D eigenvalue weighted by molar-refractivity contribution is 6.23. The first-order valence-electron chi connectivity index (χ1n) is 9.54. The van der Waals surface area contributed by atoms with Gasteiger partial charge in [0.25, 0.3) is 0 Å². The summed E-state index contributed by atoms with van der Waals surface area (Å²) in [6.45, 7) is 0. The minimum Gasteiger partial charge on any atom is -0.365 e. The zero-order chi connectivity index (χ0) is 16.5. The maximum absolute atomic E-state index is 13.2. The van der Waals surface area contributed by atoms with Crippen LogP contribution in [-0.4, -0.2) is 24.0 Å². The van der Waals surface area contributed by atoms with Crippen molar-refractivity contribution in [2.24, 2.45) is 29.1 Å². The molecule has 1 aromatic rings. The van der Waals surface area contributed by atoms with Gasteiger partial charge in [-0.25, -0.2) is 4.90 Å². The molecule has 0 aromatic heterocycles. The summed E-state index contributed by atoms with van der Waals surface area (Å²) in [5.74, 6) is 0.605. The summed E-state index contributed by atoms with van der Waals surface area (Å²) < 4.78 is 6.29. The maximum atomic E-state index is 13.2. The number of amides is 2. The lowest BCUT2D eigenvalue weighted by molar-refractivity contribution is -0.124. The third-order valence-electron chi connectivity index (χ3n) is 8.01. The fourth-order valence-electron chi connectivity index (χ4n) is 7.09. The Bertz CT molecular complexity index is 836. The summed E-state index contributed by atoms with van der Waals surface area (Å²) in [6.07, 6.45) is 4.95. The van der Waals surface area contributed by atoms with Gasteiger partial charge in [0.1, 0.15) is 0 Å². The second-order valence-corrected chi connectivity index (χ2v) is 8.70. The lowest BCUT2D eigenvalue weighted by Crippen LogP contribution is -2.35. The molecule has 3 heterocycles. The van der Waals surface area contributed by atoms with Crippen LogP contribution in [0.2, 0.25) is 0 Å². The predicted octanol–water partition coefficient (Wildman–Crippen LogP) is 2.69. The largest absolute Gasteiger partial charge is 0.365 e. The molecule has 6 aliphatic rings. The maximum Gasteiger partial charge on any atom is 0.240 e. The first-order chi connectivity index (χ1) is 12.2. The lowest BCUT2D eigenvalue weighted by Gasteiger charge is -2.26. The molecular weight excluding hydrogens is 314 g/mol. The summed E-state index contributed by atoms with van der Waals surface area (Å²) in [4.78, 5) is 27.7. The molecule has 7 rings (SSSR count). The van der Waals surface area contributed by atoms with Gasteiger partial charge >= 0.3 is 0 Å². The molecule has 2 amide bonds. The molecule has 4 heteroatoms. The molecule has 3 aliphatic heterocycles. The highest BCUT2D eigenvalue weighted by Gasteiger charge is 2.75. The number of ether oxygens (including phenoxy) is 1. The zero-order valence-electron chi connectivity index (χ0n) is 13.9. The van der Waals surface area contributed by atoms with Gasteiger partial charge in [0.05, 0.1) is 29.7 Å². The van der Waals surface area contributed by atoms with Crippen LogP contribution in [0.4, 0.5) is 5.69 Å². The molecule has 4 fully saturated rings. The smallest absolute Gasteiger partial charge is 0.240 e. The molecule has 1 aromatic carbocycles. The van der Waals surface area contributed by atoms with Gasteiger partial charge in [0.2, 0.25) is 11.8 Å². The van der Waals surface area contributed by atoms with Crippen molar-refractivity contribution in [1.29, 1.82) is 0 Å². The number of hydrogen-bond acceptors (Lipinski definition) is 3. The number of imide groups is 1. The van der Waals surface area contributed by atoms with Crippen molar-refractivity contribution in [3.8, 4) is 0 Å². The van der Waals surface area contributed by atoms with Crippen LogP contribution >= 0.6 is 0 Å². The van der Waals surface area contributed by atoms with E-state index < -0.39 is 0 Å². The highest BCUT2D eigenvalue weighted by atomic mass is 16.5. The van der Waals surface area contributed by atoms with Crippen LogP contribution in [0.5, 0.6) is 0 Å². The molecule has 4 nitrogen and oxygen atoms in total. The number of carbonyl (C=O) groups is 2. The normalized spacial score (nSPS) is 44.2. The van der Waals surface area contributed by atoms with Gasteiger partial charge in [-0.05, 0) is 66.2 Å². The van der Waals surface area contributed by atoms with Crippen molar-refractivity contribution >= 4 is 17.5 Å². The first-order valence-corrected chi connectivity index (χ1v) is 9.54. The number of carbonyl (C=O) groups excluding carboxylic acids is 2. The zero-order valence-corrected chi connectivity index (χ0v) is 13.9. The molecule has 3 aliphatic carbocycles. The van der Waals surface area contributed by atoms with Crippen LogP contribution in [0, 0.1) is 29.1 Å². The molecule has 6 unspecified atom stereocenters. The molecule has 4 bridgehead atoms. The number of rotatable bonds is 1. The quantitative estimate of drug-likeness (QED) is 0.586. The molecule has 2 saturated carbocycles. The van der Waals surface area contributed by atoms with Crippen LogP contribution in [-0.2, 0) is 14.3 Å². The summed E-state index contributed by atoms with van der Waals surface area (Å²) in [5, 5.41) is 0. The van der Waals surface area contributed by atoms with Crippen LogP contribution in [0.25, 0.3) is 0 Å². The summed E-state index contributed by atoms with van der Waals surface area (Å²) >= 11 is 0. The molecule has 25 heavy (non-hydrogen) atoms. The Morgan fingerprint density at radius 1 is 0.880 bits per heavy atom. The van der Waals surface area contributed by atoms with Gasteiger partial charge in [0, 0.05) is 0 Å². The van der Waals surface area contributed by atoms with Crippen molar-refractivity contribution in [1.82, 2.24) is 0 Å². The summed E-state index contributed by atoms with van der Waals surface area (Å²) in [7, 11) is 0. The van der Waals surface area contributed by atoms with Gasteiger partial charge in [-0.2, -0.15) is 0 Å². The number of para-hydroxylation sites is 1. The average molecular weight is 333 g/mol. The van der Waals surface area contributed by atoms with E-state index in [9.17, 15) is 9.59 Å². The number of fused-ring (bicyclic) bond motifs is 9. The Morgan fingerprint density at radius 3 is 1.96 bits per heavy atom. The molecule has 2 saturated heterocycles. The van der Waals surface area contributed by atoms with E-state index in [1.165, 1.54) is 41.7 Å². The van der Waals surface area contributed by atoms with E-state index in [0.717, 1.165) is 0 Å². The van der Waals surface area contributed by atoms with Crippen molar-refractivity contribution in [2.75, 3.05) is 4.90 Å². The van der Waals surface area contributed by atoms with Crippen molar-refractivity contribution in [3.05, 3.63) is 41.5 Å². The molecule has 0 radical (unpaired) electrons. The molecular formula is C21H19NO3. The third-order valence-corrected chi connectivity index (χ3v) is 8.01. The highest BCUT2D eigenvalue weighted by Crippen LogP contribution is 2.77. The van der Waals surface area contributed by atoms with Gasteiger partial charge in [-0.1, -0.05) is 18.2 Å². The Kier molecular flexibility index (Phi) is 2.08. The van der Waals surface area contributed by atoms with E-state index in [4.69, 9.17) is 4.74 Å².